The van der Waals surface area contributed by atoms with Crippen molar-refractivity contribution in [3.63, 3.8) is 0 Å². The number of esters is 1. The third-order valence-electron chi connectivity index (χ3n) is 2.89. The molecule has 0 saturated heterocycles. The van der Waals surface area contributed by atoms with Crippen molar-refractivity contribution in [1.82, 2.24) is 9.97 Å². The van der Waals surface area contributed by atoms with E-state index in [1.807, 2.05) is 23.6 Å². The van der Waals surface area contributed by atoms with Gasteiger partial charge in [-0.1, -0.05) is 12.1 Å². The van der Waals surface area contributed by atoms with Crippen LogP contribution in [0.25, 0.3) is 11.0 Å². The summed E-state index contributed by atoms with van der Waals surface area (Å²) in [6.07, 6.45) is 0.743. The summed E-state index contributed by atoms with van der Waals surface area (Å²) in [7, 11) is 1.38. The smallest absolute Gasteiger partial charge is 0.340 e. The highest BCUT2D eigenvalue weighted by Gasteiger charge is 2.14. The van der Waals surface area contributed by atoms with Gasteiger partial charge in [0, 0.05) is 11.3 Å². The lowest BCUT2D eigenvalue weighted by atomic mass is 10.2. The average molecular weight is 272 g/mol. The first-order valence-electron chi connectivity index (χ1n) is 5.86. The number of H-pyrrole nitrogens is 1. The molecule has 0 aliphatic heterocycles. The maximum atomic E-state index is 11.7. The van der Waals surface area contributed by atoms with E-state index in [1.165, 1.54) is 12.0 Å². The Morgan fingerprint density at radius 1 is 1.37 bits per heavy atom. The summed E-state index contributed by atoms with van der Waals surface area (Å²) in [5.41, 5.74) is 2.02. The van der Waals surface area contributed by atoms with E-state index in [0.717, 1.165) is 17.8 Å². The Labute approximate surface area is 114 Å². The normalized spacial score (nSPS) is 10.8. The molecule has 2 heterocycles. The predicted octanol–water partition coefficient (Wildman–Crippen LogP) is 3.00. The van der Waals surface area contributed by atoms with Crippen LogP contribution in [0.5, 0.6) is 0 Å². The van der Waals surface area contributed by atoms with Gasteiger partial charge in [0.05, 0.1) is 18.2 Å². The number of aromatic nitrogens is 2. The third kappa shape index (κ3) is 2.24. The Morgan fingerprint density at radius 2 is 2.26 bits per heavy atom. The van der Waals surface area contributed by atoms with Crippen molar-refractivity contribution in [2.24, 2.45) is 0 Å². The highest BCUT2D eigenvalue weighted by Crippen LogP contribution is 2.20. The fraction of sp³-hybridized carbons (Fsp3) is 0.143. The third-order valence-corrected chi connectivity index (χ3v) is 3.77. The second-order valence-electron chi connectivity index (χ2n) is 4.13. The number of imidazole rings is 1. The highest BCUT2D eigenvalue weighted by atomic mass is 32.1. The summed E-state index contributed by atoms with van der Waals surface area (Å²) in [4.78, 5) is 20.7. The van der Waals surface area contributed by atoms with E-state index in [4.69, 9.17) is 4.74 Å². The molecular formula is C14H12N2O2S. The number of fused-ring (bicyclic) bond motifs is 1. The number of ether oxygens (including phenoxy) is 1. The number of rotatable bonds is 3. The second-order valence-corrected chi connectivity index (χ2v) is 5.17. The van der Waals surface area contributed by atoms with E-state index in [9.17, 15) is 4.79 Å². The van der Waals surface area contributed by atoms with E-state index in [-0.39, 0.29) is 5.97 Å². The Balaban J connectivity index is 2.03. The van der Waals surface area contributed by atoms with Crippen molar-refractivity contribution in [2.45, 2.75) is 6.42 Å². The molecule has 0 spiro atoms. The van der Waals surface area contributed by atoms with E-state index < -0.39 is 0 Å². The van der Waals surface area contributed by atoms with Crippen LogP contribution in [0.2, 0.25) is 0 Å². The van der Waals surface area contributed by atoms with Gasteiger partial charge >= 0.3 is 5.97 Å². The number of nitrogens with zero attached hydrogens (tertiary/aromatic N) is 1. The molecule has 4 nitrogen and oxygen atoms in total. The van der Waals surface area contributed by atoms with Crippen LogP contribution in [-0.2, 0) is 11.2 Å². The van der Waals surface area contributed by atoms with Crippen molar-refractivity contribution < 1.29 is 9.53 Å². The molecule has 19 heavy (non-hydrogen) atoms. The molecule has 3 rings (SSSR count). The van der Waals surface area contributed by atoms with Gasteiger partial charge in [-0.05, 0) is 23.6 Å². The van der Waals surface area contributed by atoms with E-state index in [0.29, 0.717) is 11.1 Å². The minimum atomic E-state index is -0.361. The molecule has 1 aromatic carbocycles. The van der Waals surface area contributed by atoms with Gasteiger partial charge in [-0.15, -0.1) is 11.3 Å². The molecule has 0 fully saturated rings. The van der Waals surface area contributed by atoms with Crippen molar-refractivity contribution in [2.75, 3.05) is 7.11 Å². The van der Waals surface area contributed by atoms with Gasteiger partial charge in [-0.2, -0.15) is 0 Å². The largest absolute Gasteiger partial charge is 0.465 e. The first-order valence-corrected chi connectivity index (χ1v) is 6.74. The predicted molar refractivity (Wildman–Crippen MR) is 74.6 cm³/mol. The molecule has 0 aliphatic carbocycles. The van der Waals surface area contributed by atoms with Gasteiger partial charge in [-0.25, -0.2) is 9.78 Å². The lowest BCUT2D eigenvalue weighted by Crippen LogP contribution is -2.01. The number of carbonyl (C=O) groups is 1. The second kappa shape index (κ2) is 4.85. The SMILES string of the molecule is COC(=O)c1cccc2[nH]c(Cc3cccs3)nc12. The summed E-state index contributed by atoms with van der Waals surface area (Å²) in [5.74, 6) is 0.494. The average Bonchev–Trinajstić information content (AvgIpc) is 3.06. The lowest BCUT2D eigenvalue weighted by molar-refractivity contribution is 0.0603. The Kier molecular flexibility index (Phi) is 3.05. The number of nitrogens with one attached hydrogen (secondary N) is 1. The minimum Gasteiger partial charge on any atom is -0.465 e. The fourth-order valence-corrected chi connectivity index (χ4v) is 2.73. The summed E-state index contributed by atoms with van der Waals surface area (Å²) in [6.45, 7) is 0. The zero-order chi connectivity index (χ0) is 13.2. The number of hydrogen-bond acceptors (Lipinski definition) is 4. The zero-order valence-electron chi connectivity index (χ0n) is 10.3. The quantitative estimate of drug-likeness (QED) is 0.746. The number of thiophene rings is 1. The number of benzene rings is 1. The number of methoxy groups -OCH3 is 1. The van der Waals surface area contributed by atoms with Gasteiger partial charge in [0.1, 0.15) is 11.3 Å². The molecule has 3 aromatic rings. The number of hydrogen-bond donors (Lipinski definition) is 1. The Hall–Kier alpha value is -2.14. The molecule has 0 saturated carbocycles. The Bertz CT molecular complexity index is 716. The summed E-state index contributed by atoms with van der Waals surface area (Å²) in [6, 6.07) is 9.54. The maximum Gasteiger partial charge on any atom is 0.340 e. The van der Waals surface area contributed by atoms with E-state index in [2.05, 4.69) is 16.0 Å². The lowest BCUT2D eigenvalue weighted by Gasteiger charge is -1.98. The fourth-order valence-electron chi connectivity index (χ4n) is 2.02. The number of aromatic amines is 1. The summed E-state index contributed by atoms with van der Waals surface area (Å²) < 4.78 is 4.77. The van der Waals surface area contributed by atoms with Gasteiger partial charge in [0.25, 0.3) is 0 Å². The van der Waals surface area contributed by atoms with Gasteiger partial charge < -0.3 is 9.72 Å². The first-order chi connectivity index (χ1) is 9.28. The summed E-state index contributed by atoms with van der Waals surface area (Å²) in [5, 5.41) is 2.04. The van der Waals surface area contributed by atoms with Crippen LogP contribution in [0, 0.1) is 0 Å². The van der Waals surface area contributed by atoms with Gasteiger partial charge in [0.15, 0.2) is 0 Å². The number of para-hydroxylation sites is 1. The van der Waals surface area contributed by atoms with Gasteiger partial charge in [-0.3, -0.25) is 0 Å². The molecule has 0 radical (unpaired) electrons. The van der Waals surface area contributed by atoms with Crippen LogP contribution in [-0.4, -0.2) is 23.0 Å². The molecule has 5 heteroatoms. The summed E-state index contributed by atoms with van der Waals surface area (Å²) >= 11 is 1.69. The van der Waals surface area contributed by atoms with Crippen LogP contribution in [0.3, 0.4) is 0 Å². The highest BCUT2D eigenvalue weighted by molar-refractivity contribution is 7.09. The monoisotopic (exact) mass is 272 g/mol. The van der Waals surface area contributed by atoms with Crippen LogP contribution in [0.4, 0.5) is 0 Å². The Morgan fingerprint density at radius 3 is 3.00 bits per heavy atom. The van der Waals surface area contributed by atoms with Crippen LogP contribution >= 0.6 is 11.3 Å². The van der Waals surface area contributed by atoms with E-state index >= 15 is 0 Å². The molecular weight excluding hydrogens is 260 g/mol. The number of carbonyl (C=O) groups excluding carboxylic acids is 1. The maximum absolute atomic E-state index is 11.7. The minimum absolute atomic E-state index is 0.361. The first kappa shape index (κ1) is 11.9. The zero-order valence-corrected chi connectivity index (χ0v) is 11.2. The molecule has 0 unspecified atom stereocenters. The molecule has 1 N–H and O–H groups in total. The standard InChI is InChI=1S/C14H12N2O2S/c1-18-14(17)10-5-2-6-11-13(10)16-12(15-11)8-9-4-3-7-19-9/h2-7H,8H2,1H3,(H,15,16). The topological polar surface area (TPSA) is 55.0 Å². The van der Waals surface area contributed by atoms with Crippen molar-refractivity contribution in [1.29, 1.82) is 0 Å². The van der Waals surface area contributed by atoms with Crippen molar-refractivity contribution in [3.8, 4) is 0 Å². The molecule has 0 atom stereocenters. The van der Waals surface area contributed by atoms with Crippen LogP contribution < -0.4 is 0 Å². The van der Waals surface area contributed by atoms with Crippen LogP contribution in [0.15, 0.2) is 35.7 Å². The molecule has 2 aromatic heterocycles. The molecule has 0 aliphatic rings. The van der Waals surface area contributed by atoms with Crippen molar-refractivity contribution in [3.05, 3.63) is 52.0 Å². The van der Waals surface area contributed by atoms with Gasteiger partial charge in [0.2, 0.25) is 0 Å². The molecule has 0 bridgehead atoms. The molecule has 96 valence electrons. The molecule has 0 amide bonds. The van der Waals surface area contributed by atoms with Crippen LogP contribution in [0.1, 0.15) is 21.1 Å². The van der Waals surface area contributed by atoms with E-state index in [1.54, 1.807) is 17.4 Å². The van der Waals surface area contributed by atoms with Crippen molar-refractivity contribution >= 4 is 28.3 Å².